The van der Waals surface area contributed by atoms with Crippen molar-refractivity contribution in [2.75, 3.05) is 7.11 Å². The average molecular weight is 405 g/mol. The van der Waals surface area contributed by atoms with Crippen LogP contribution >= 0.6 is 0 Å². The van der Waals surface area contributed by atoms with Gasteiger partial charge in [-0.25, -0.2) is 18.9 Å². The van der Waals surface area contributed by atoms with E-state index >= 15 is 0 Å². The third-order valence-corrected chi connectivity index (χ3v) is 4.70. The number of hydrogen-bond donors (Lipinski definition) is 1. The fraction of sp³-hybridized carbons (Fsp3) is 0.182. The first-order valence-electron chi connectivity index (χ1n) is 9.43. The lowest BCUT2D eigenvalue weighted by Gasteiger charge is -2.12. The Kier molecular flexibility index (Phi) is 5.38. The Bertz CT molecular complexity index is 1210. The molecule has 30 heavy (non-hydrogen) atoms. The fourth-order valence-electron chi connectivity index (χ4n) is 3.19. The molecule has 0 bridgehead atoms. The number of fused-ring (bicyclic) bond motifs is 1. The molecule has 4 aromatic rings. The monoisotopic (exact) mass is 405 g/mol. The minimum Gasteiger partial charge on any atom is -0.496 e. The molecule has 0 aliphatic carbocycles. The van der Waals surface area contributed by atoms with Crippen molar-refractivity contribution in [3.8, 4) is 17.0 Å². The lowest BCUT2D eigenvalue weighted by molar-refractivity contribution is -0.121. The number of carbonyl (C=O) groups excluding carboxylic acids is 1. The van der Waals surface area contributed by atoms with E-state index in [1.807, 2.05) is 24.3 Å². The van der Waals surface area contributed by atoms with Gasteiger partial charge in [-0.15, -0.1) is 5.10 Å². The first kappa shape index (κ1) is 19.5. The smallest absolute Gasteiger partial charge is 0.225 e. The lowest BCUT2D eigenvalue weighted by Crippen LogP contribution is -2.29. The van der Waals surface area contributed by atoms with Gasteiger partial charge in [0.2, 0.25) is 5.91 Å². The Morgan fingerprint density at radius 3 is 2.77 bits per heavy atom. The highest BCUT2D eigenvalue weighted by Gasteiger charge is 2.17. The number of nitrogens with zero attached hydrogens (tertiary/aromatic N) is 4. The zero-order valence-corrected chi connectivity index (χ0v) is 16.5. The van der Waals surface area contributed by atoms with Crippen molar-refractivity contribution in [2.24, 2.45) is 0 Å². The van der Waals surface area contributed by atoms with Gasteiger partial charge in [-0.1, -0.05) is 30.3 Å². The maximum Gasteiger partial charge on any atom is 0.225 e. The van der Waals surface area contributed by atoms with E-state index < -0.39 is 6.04 Å². The standard InChI is InChI=1S/C22H20FN5O2/c1-14(25-21(29)11-15-7-3-6-10-19(15)30-2)22-26-20-12-18(24-13-28(20)27-22)16-8-4-5-9-17(16)23/h3-10,12-14H,11H2,1-2H3,(H,25,29)/t14-/m1/s1. The molecule has 1 amide bonds. The highest BCUT2D eigenvalue weighted by Crippen LogP contribution is 2.22. The molecule has 2 aromatic heterocycles. The number of aromatic nitrogens is 4. The third-order valence-electron chi connectivity index (χ3n) is 4.70. The second-order valence-electron chi connectivity index (χ2n) is 6.80. The van der Waals surface area contributed by atoms with Gasteiger partial charge < -0.3 is 10.1 Å². The molecule has 8 heteroatoms. The van der Waals surface area contributed by atoms with Crippen molar-refractivity contribution < 1.29 is 13.9 Å². The van der Waals surface area contributed by atoms with Gasteiger partial charge in [0, 0.05) is 17.2 Å². The summed E-state index contributed by atoms with van der Waals surface area (Å²) in [7, 11) is 1.57. The molecule has 0 radical (unpaired) electrons. The molecule has 7 nitrogen and oxygen atoms in total. The summed E-state index contributed by atoms with van der Waals surface area (Å²) in [6, 6.07) is 15.0. The van der Waals surface area contributed by atoms with Crippen LogP contribution in [-0.4, -0.2) is 32.6 Å². The third kappa shape index (κ3) is 3.98. The Balaban J connectivity index is 1.51. The van der Waals surface area contributed by atoms with Crippen LogP contribution in [0, 0.1) is 5.82 Å². The molecule has 0 aliphatic rings. The average Bonchev–Trinajstić information content (AvgIpc) is 3.18. The van der Waals surface area contributed by atoms with Crippen LogP contribution in [0.25, 0.3) is 16.9 Å². The van der Waals surface area contributed by atoms with E-state index in [1.165, 1.54) is 16.9 Å². The van der Waals surface area contributed by atoms with E-state index in [4.69, 9.17) is 4.74 Å². The Morgan fingerprint density at radius 2 is 1.97 bits per heavy atom. The van der Waals surface area contributed by atoms with Crippen molar-refractivity contribution in [3.05, 3.63) is 78.1 Å². The Hall–Kier alpha value is -3.81. The predicted molar refractivity (Wildman–Crippen MR) is 109 cm³/mol. The zero-order valence-electron chi connectivity index (χ0n) is 16.5. The van der Waals surface area contributed by atoms with Crippen LogP contribution in [0.15, 0.2) is 60.9 Å². The maximum absolute atomic E-state index is 14.0. The molecule has 2 heterocycles. The minimum atomic E-state index is -0.413. The van der Waals surface area contributed by atoms with Gasteiger partial charge in [-0.05, 0) is 25.1 Å². The van der Waals surface area contributed by atoms with Crippen molar-refractivity contribution in [1.29, 1.82) is 0 Å². The zero-order chi connectivity index (χ0) is 21.1. The first-order valence-corrected chi connectivity index (χ1v) is 9.43. The summed E-state index contributed by atoms with van der Waals surface area (Å²) in [6.07, 6.45) is 1.66. The van der Waals surface area contributed by atoms with Crippen molar-refractivity contribution in [2.45, 2.75) is 19.4 Å². The van der Waals surface area contributed by atoms with Crippen molar-refractivity contribution >= 4 is 11.6 Å². The number of halogens is 1. The first-order chi connectivity index (χ1) is 14.5. The topological polar surface area (TPSA) is 81.4 Å². The van der Waals surface area contributed by atoms with Crippen molar-refractivity contribution in [3.63, 3.8) is 0 Å². The van der Waals surface area contributed by atoms with E-state index in [1.54, 1.807) is 38.3 Å². The van der Waals surface area contributed by atoms with E-state index in [9.17, 15) is 9.18 Å². The number of para-hydroxylation sites is 1. The van der Waals surface area contributed by atoms with E-state index in [2.05, 4.69) is 20.4 Å². The molecule has 0 unspecified atom stereocenters. The molecular formula is C22H20FN5O2. The summed E-state index contributed by atoms with van der Waals surface area (Å²) < 4.78 is 20.8. The van der Waals surface area contributed by atoms with Crippen LogP contribution in [0.5, 0.6) is 5.75 Å². The quantitative estimate of drug-likeness (QED) is 0.532. The van der Waals surface area contributed by atoms with Crippen LogP contribution in [0.2, 0.25) is 0 Å². The molecule has 1 atom stereocenters. The molecule has 1 N–H and O–H groups in total. The largest absolute Gasteiger partial charge is 0.496 e. The molecule has 0 fully saturated rings. The SMILES string of the molecule is COc1ccccc1CC(=O)N[C@H](C)c1nc2cc(-c3ccccc3F)ncn2n1. The lowest BCUT2D eigenvalue weighted by atomic mass is 10.1. The van der Waals surface area contributed by atoms with E-state index in [0.29, 0.717) is 28.5 Å². The molecular weight excluding hydrogens is 385 g/mol. The van der Waals surface area contributed by atoms with Gasteiger partial charge in [0.15, 0.2) is 11.5 Å². The summed E-state index contributed by atoms with van der Waals surface area (Å²) in [4.78, 5) is 21.2. The molecule has 4 rings (SSSR count). The maximum atomic E-state index is 14.0. The second kappa shape index (κ2) is 8.28. The minimum absolute atomic E-state index is 0.170. The highest BCUT2D eigenvalue weighted by atomic mass is 19.1. The van der Waals surface area contributed by atoms with Crippen LogP contribution < -0.4 is 10.1 Å². The summed E-state index contributed by atoms with van der Waals surface area (Å²) in [5.41, 5.74) is 2.17. The van der Waals surface area contributed by atoms with Crippen molar-refractivity contribution in [1.82, 2.24) is 24.9 Å². The molecule has 2 aromatic carbocycles. The number of nitrogens with one attached hydrogen (secondary N) is 1. The second-order valence-corrected chi connectivity index (χ2v) is 6.80. The molecule has 152 valence electrons. The molecule has 0 saturated carbocycles. The summed E-state index contributed by atoms with van der Waals surface area (Å²) >= 11 is 0. The summed E-state index contributed by atoms with van der Waals surface area (Å²) in [5.74, 6) is 0.579. The molecule has 0 saturated heterocycles. The number of rotatable bonds is 6. The van der Waals surface area contributed by atoms with Gasteiger partial charge in [0.05, 0.1) is 25.3 Å². The van der Waals surface area contributed by atoms with Gasteiger partial charge in [0.25, 0.3) is 0 Å². The highest BCUT2D eigenvalue weighted by molar-refractivity contribution is 5.79. The van der Waals surface area contributed by atoms with Gasteiger partial charge in [-0.2, -0.15) is 0 Å². The van der Waals surface area contributed by atoms with E-state index in [-0.39, 0.29) is 18.1 Å². The fourth-order valence-corrected chi connectivity index (χ4v) is 3.19. The normalized spacial score (nSPS) is 12.0. The Labute approximate surface area is 172 Å². The number of amides is 1. The number of hydrogen-bond acceptors (Lipinski definition) is 5. The number of carbonyl (C=O) groups is 1. The van der Waals surface area contributed by atoms with Crippen LogP contribution in [-0.2, 0) is 11.2 Å². The number of ether oxygens (including phenoxy) is 1. The number of benzene rings is 2. The van der Waals surface area contributed by atoms with E-state index in [0.717, 1.165) is 5.56 Å². The van der Waals surface area contributed by atoms with Crippen LogP contribution in [0.4, 0.5) is 4.39 Å². The predicted octanol–water partition coefficient (Wildman–Crippen LogP) is 3.36. The summed E-state index contributed by atoms with van der Waals surface area (Å²) in [6.45, 7) is 1.81. The van der Waals surface area contributed by atoms with Gasteiger partial charge in [-0.3, -0.25) is 4.79 Å². The molecule has 0 spiro atoms. The molecule has 0 aliphatic heterocycles. The van der Waals surface area contributed by atoms with Crippen LogP contribution in [0.3, 0.4) is 0 Å². The van der Waals surface area contributed by atoms with Gasteiger partial charge in [0.1, 0.15) is 17.9 Å². The summed E-state index contributed by atoms with van der Waals surface area (Å²) in [5, 5.41) is 7.27. The number of methoxy groups -OCH3 is 1. The van der Waals surface area contributed by atoms with Crippen LogP contribution in [0.1, 0.15) is 24.4 Å². The van der Waals surface area contributed by atoms with Gasteiger partial charge >= 0.3 is 0 Å². The Morgan fingerprint density at radius 1 is 1.20 bits per heavy atom.